The molecule has 1 unspecified atom stereocenters. The van der Waals surface area contributed by atoms with Crippen molar-refractivity contribution in [2.45, 2.75) is 12.5 Å². The van der Waals surface area contributed by atoms with Crippen LogP contribution in [0.25, 0.3) is 10.6 Å². The predicted molar refractivity (Wildman–Crippen MR) is 90.2 cm³/mol. The summed E-state index contributed by atoms with van der Waals surface area (Å²) >= 11 is 1.60. The molecule has 0 radical (unpaired) electrons. The molecule has 2 N–H and O–H groups in total. The maximum absolute atomic E-state index is 11.8. The van der Waals surface area contributed by atoms with Gasteiger partial charge in [-0.3, -0.25) is 15.1 Å². The lowest BCUT2D eigenvalue weighted by atomic mass is 10.2. The molecule has 0 bridgehead atoms. The van der Waals surface area contributed by atoms with Crippen LogP contribution in [-0.2, 0) is 11.2 Å². The molecule has 116 valence electrons. The van der Waals surface area contributed by atoms with Crippen molar-refractivity contribution in [3.8, 4) is 10.6 Å². The van der Waals surface area contributed by atoms with E-state index in [1.807, 2.05) is 35.9 Å². The fraction of sp³-hybridized carbons (Fsp3) is 0.267. The molecule has 1 atom stereocenters. The molecule has 3 heterocycles. The van der Waals surface area contributed by atoms with Crippen LogP contribution in [-0.4, -0.2) is 35.0 Å². The molecule has 0 fully saturated rings. The second-order valence-corrected chi connectivity index (χ2v) is 5.60. The molecule has 0 spiro atoms. The molecule has 1 aliphatic heterocycles. The smallest absolute Gasteiger partial charge is 0.241 e. The third-order valence-corrected chi connectivity index (χ3v) is 4.15. The Morgan fingerprint density at radius 1 is 1.50 bits per heavy atom. The molecule has 0 aromatic carbocycles. The lowest BCUT2D eigenvalue weighted by molar-refractivity contribution is -0.121. The summed E-state index contributed by atoms with van der Waals surface area (Å²) in [6.45, 7) is 1.36. The van der Waals surface area contributed by atoms with E-state index in [0.29, 0.717) is 6.54 Å². The molecule has 5 nitrogen and oxygen atoms in total. The Bertz CT molecular complexity index is 644. The van der Waals surface area contributed by atoms with Crippen molar-refractivity contribution < 1.29 is 4.79 Å². The van der Waals surface area contributed by atoms with Crippen LogP contribution in [0, 0.1) is 0 Å². The highest BCUT2D eigenvalue weighted by molar-refractivity contribution is 7.13. The number of nitrogens with zero attached hydrogens (tertiary/aromatic N) is 2. The van der Waals surface area contributed by atoms with Crippen LogP contribution in [0.1, 0.15) is 5.69 Å². The Morgan fingerprint density at radius 2 is 2.41 bits per heavy atom. The molecular formula is C15H17ClN4OS. The summed E-state index contributed by atoms with van der Waals surface area (Å²) < 4.78 is 0. The minimum absolute atomic E-state index is 0. The highest BCUT2D eigenvalue weighted by Crippen LogP contribution is 2.22. The number of hydrogen-bond acceptors (Lipinski definition) is 5. The van der Waals surface area contributed by atoms with Crippen molar-refractivity contribution in [1.29, 1.82) is 0 Å². The number of halogens is 1. The van der Waals surface area contributed by atoms with Crippen LogP contribution in [0.2, 0.25) is 0 Å². The van der Waals surface area contributed by atoms with Crippen LogP contribution in [0.5, 0.6) is 0 Å². The van der Waals surface area contributed by atoms with Gasteiger partial charge in [-0.15, -0.1) is 23.7 Å². The van der Waals surface area contributed by atoms with E-state index in [1.54, 1.807) is 17.5 Å². The predicted octanol–water partition coefficient (Wildman–Crippen LogP) is 1.81. The summed E-state index contributed by atoms with van der Waals surface area (Å²) in [5, 5.41) is 9.00. The third-order valence-electron chi connectivity index (χ3n) is 3.21. The van der Waals surface area contributed by atoms with Crippen LogP contribution in [0.15, 0.2) is 42.1 Å². The number of amides is 1. The van der Waals surface area contributed by atoms with Crippen LogP contribution >= 0.6 is 23.7 Å². The number of rotatable bonds is 5. The van der Waals surface area contributed by atoms with Gasteiger partial charge in [-0.2, -0.15) is 0 Å². The average Bonchev–Trinajstić information content (AvgIpc) is 3.20. The number of carbonyl (C=O) groups is 1. The zero-order chi connectivity index (χ0) is 14.5. The van der Waals surface area contributed by atoms with Crippen molar-refractivity contribution >= 4 is 29.7 Å². The molecule has 1 amide bonds. The number of carbonyl (C=O) groups excluding carboxylic acids is 1. The average molecular weight is 337 g/mol. The van der Waals surface area contributed by atoms with E-state index < -0.39 is 0 Å². The molecule has 22 heavy (non-hydrogen) atoms. The Labute approximate surface area is 139 Å². The monoisotopic (exact) mass is 336 g/mol. The zero-order valence-electron chi connectivity index (χ0n) is 11.9. The SMILES string of the molecule is Cl.O=C(NCCc1csc(-c2cccnc2)n1)C1C=CCN1. The molecular weight excluding hydrogens is 320 g/mol. The summed E-state index contributed by atoms with van der Waals surface area (Å²) in [4.78, 5) is 20.5. The maximum atomic E-state index is 11.8. The minimum atomic E-state index is -0.189. The van der Waals surface area contributed by atoms with Crippen LogP contribution < -0.4 is 10.6 Å². The van der Waals surface area contributed by atoms with Crippen LogP contribution in [0.4, 0.5) is 0 Å². The van der Waals surface area contributed by atoms with E-state index in [0.717, 1.165) is 29.2 Å². The Hall–Kier alpha value is -1.76. The summed E-state index contributed by atoms with van der Waals surface area (Å²) in [6.07, 6.45) is 8.14. The first-order valence-electron chi connectivity index (χ1n) is 6.85. The fourth-order valence-corrected chi connectivity index (χ4v) is 2.96. The molecule has 2 aromatic rings. The highest BCUT2D eigenvalue weighted by atomic mass is 35.5. The number of pyridine rings is 1. The van der Waals surface area contributed by atoms with Gasteiger partial charge in [-0.25, -0.2) is 4.98 Å². The van der Waals surface area contributed by atoms with Gasteiger partial charge in [0.1, 0.15) is 11.0 Å². The number of thiazole rings is 1. The van der Waals surface area contributed by atoms with Gasteiger partial charge >= 0.3 is 0 Å². The second-order valence-electron chi connectivity index (χ2n) is 4.74. The van der Waals surface area contributed by atoms with Crippen molar-refractivity contribution in [3.63, 3.8) is 0 Å². The zero-order valence-corrected chi connectivity index (χ0v) is 13.5. The second kappa shape index (κ2) is 8.03. The van der Waals surface area contributed by atoms with E-state index in [9.17, 15) is 4.79 Å². The quantitative estimate of drug-likeness (QED) is 0.817. The van der Waals surface area contributed by atoms with Gasteiger partial charge in [0.05, 0.1) is 5.69 Å². The molecule has 7 heteroatoms. The molecule has 0 saturated carbocycles. The van der Waals surface area contributed by atoms with E-state index in [2.05, 4.69) is 20.6 Å². The van der Waals surface area contributed by atoms with Gasteiger partial charge in [0.15, 0.2) is 0 Å². The Morgan fingerprint density at radius 3 is 3.14 bits per heavy atom. The minimum Gasteiger partial charge on any atom is -0.354 e. The maximum Gasteiger partial charge on any atom is 0.241 e. The lowest BCUT2D eigenvalue weighted by Crippen LogP contribution is -2.41. The largest absolute Gasteiger partial charge is 0.354 e. The Kier molecular flexibility index (Phi) is 6.06. The van der Waals surface area contributed by atoms with Gasteiger partial charge in [0.2, 0.25) is 5.91 Å². The number of hydrogen-bond donors (Lipinski definition) is 2. The summed E-state index contributed by atoms with van der Waals surface area (Å²) in [6, 6.07) is 3.71. The summed E-state index contributed by atoms with van der Waals surface area (Å²) in [7, 11) is 0. The summed E-state index contributed by atoms with van der Waals surface area (Å²) in [5.74, 6) is 0.0199. The summed E-state index contributed by atoms with van der Waals surface area (Å²) in [5.41, 5.74) is 2.02. The van der Waals surface area contributed by atoms with Crippen LogP contribution in [0.3, 0.4) is 0 Å². The number of nitrogens with one attached hydrogen (secondary N) is 2. The first-order chi connectivity index (χ1) is 10.3. The topological polar surface area (TPSA) is 66.9 Å². The van der Waals surface area contributed by atoms with Crippen molar-refractivity contribution in [3.05, 3.63) is 47.8 Å². The van der Waals surface area contributed by atoms with Gasteiger partial charge in [0.25, 0.3) is 0 Å². The molecule has 1 aliphatic rings. The third kappa shape index (κ3) is 4.13. The van der Waals surface area contributed by atoms with Crippen molar-refractivity contribution in [2.75, 3.05) is 13.1 Å². The normalized spacial score (nSPS) is 16.3. The van der Waals surface area contributed by atoms with E-state index in [-0.39, 0.29) is 24.4 Å². The first-order valence-corrected chi connectivity index (χ1v) is 7.73. The molecule has 0 aliphatic carbocycles. The molecule has 3 rings (SSSR count). The standard InChI is InChI=1S/C15H16N4OS.ClH/c20-14(13-4-2-7-17-13)18-8-5-12-10-21-15(19-12)11-3-1-6-16-9-11;/h1-4,6,9-10,13,17H,5,7-8H2,(H,18,20);1H. The van der Waals surface area contributed by atoms with E-state index in [1.165, 1.54) is 0 Å². The van der Waals surface area contributed by atoms with E-state index in [4.69, 9.17) is 0 Å². The van der Waals surface area contributed by atoms with Gasteiger partial charge in [-0.05, 0) is 12.1 Å². The van der Waals surface area contributed by atoms with Crippen molar-refractivity contribution in [1.82, 2.24) is 20.6 Å². The van der Waals surface area contributed by atoms with Crippen molar-refractivity contribution in [2.24, 2.45) is 0 Å². The fourth-order valence-electron chi connectivity index (χ4n) is 2.11. The van der Waals surface area contributed by atoms with Gasteiger partial charge < -0.3 is 5.32 Å². The lowest BCUT2D eigenvalue weighted by Gasteiger charge is -2.09. The molecule has 2 aromatic heterocycles. The van der Waals surface area contributed by atoms with E-state index >= 15 is 0 Å². The highest BCUT2D eigenvalue weighted by Gasteiger charge is 2.16. The van der Waals surface area contributed by atoms with Gasteiger partial charge in [-0.1, -0.05) is 12.2 Å². The Balaban J connectivity index is 0.00000176. The van der Waals surface area contributed by atoms with Gasteiger partial charge in [0, 0.05) is 42.8 Å². The first kappa shape index (κ1) is 16.6. The molecule has 0 saturated heterocycles. The number of aromatic nitrogens is 2.